The average Bonchev–Trinajstić information content (AvgIpc) is 3.04. The van der Waals surface area contributed by atoms with Crippen LogP contribution < -0.4 is 5.32 Å². The number of nitrogens with one attached hydrogen (secondary N) is 1. The molecule has 0 bridgehead atoms. The van der Waals surface area contributed by atoms with Crippen molar-refractivity contribution in [2.75, 3.05) is 27.2 Å². The summed E-state index contributed by atoms with van der Waals surface area (Å²) in [6, 6.07) is 9.95. The van der Waals surface area contributed by atoms with Gasteiger partial charge in [0.05, 0.1) is 6.54 Å². The largest absolute Gasteiger partial charge is 0.490 e. The Hall–Kier alpha value is -3.08. The summed E-state index contributed by atoms with van der Waals surface area (Å²) < 4.78 is 33.9. The molecule has 1 atom stereocenters. The monoisotopic (exact) mass is 441 g/mol. The maximum absolute atomic E-state index is 12.7. The maximum atomic E-state index is 12.7. The third-order valence-corrected chi connectivity index (χ3v) is 4.51. The number of fused-ring (bicyclic) bond motifs is 1. The third kappa shape index (κ3) is 7.93. The number of amides is 2. The highest BCUT2D eigenvalue weighted by atomic mass is 19.4. The molecule has 1 aromatic heterocycles. The van der Waals surface area contributed by atoms with E-state index in [1.165, 1.54) is 0 Å². The van der Waals surface area contributed by atoms with Gasteiger partial charge in [0.25, 0.3) is 0 Å². The van der Waals surface area contributed by atoms with Gasteiger partial charge >= 0.3 is 18.2 Å². The second kappa shape index (κ2) is 10.8. The fourth-order valence-corrected chi connectivity index (χ4v) is 3.21. The number of alkyl halides is 3. The number of benzene rings is 1. The summed E-state index contributed by atoms with van der Waals surface area (Å²) in [6.07, 6.45) is -1.27. The first kappa shape index (κ1) is 24.2. The van der Waals surface area contributed by atoms with Crippen LogP contribution in [0.25, 0.3) is 0 Å². The van der Waals surface area contributed by atoms with Gasteiger partial charge in [-0.1, -0.05) is 30.3 Å². The smallest absolute Gasteiger partial charge is 0.475 e. The van der Waals surface area contributed by atoms with Crippen molar-refractivity contribution < 1.29 is 27.9 Å². The number of carbonyl (C=O) groups excluding carboxylic acids is 1. The lowest BCUT2D eigenvalue weighted by Crippen LogP contribution is -2.42. The van der Waals surface area contributed by atoms with Gasteiger partial charge in [-0.15, -0.1) is 0 Å². The van der Waals surface area contributed by atoms with Crippen LogP contribution in [0.5, 0.6) is 0 Å². The minimum Gasteiger partial charge on any atom is -0.475 e. The summed E-state index contributed by atoms with van der Waals surface area (Å²) in [5.74, 6) is -1.42. The van der Waals surface area contributed by atoms with Crippen LogP contribution in [0.15, 0.2) is 42.7 Å². The van der Waals surface area contributed by atoms with E-state index in [-0.39, 0.29) is 6.03 Å². The van der Waals surface area contributed by atoms with Crippen LogP contribution in [0.2, 0.25) is 0 Å². The summed E-state index contributed by atoms with van der Waals surface area (Å²) in [5.41, 5.74) is 1.10. The topological polar surface area (TPSA) is 90.7 Å². The molecule has 1 aromatic carbocycles. The van der Waals surface area contributed by atoms with Crippen LogP contribution in [0.3, 0.4) is 0 Å². The van der Waals surface area contributed by atoms with E-state index in [2.05, 4.69) is 33.9 Å². The van der Waals surface area contributed by atoms with Crippen LogP contribution in [0.1, 0.15) is 11.4 Å². The van der Waals surface area contributed by atoms with Crippen molar-refractivity contribution in [3.8, 4) is 0 Å². The molecule has 31 heavy (non-hydrogen) atoms. The molecule has 2 amide bonds. The zero-order chi connectivity index (χ0) is 23.0. The Morgan fingerprint density at radius 3 is 2.45 bits per heavy atom. The molecule has 1 aliphatic rings. The van der Waals surface area contributed by atoms with Gasteiger partial charge in [-0.3, -0.25) is 0 Å². The van der Waals surface area contributed by atoms with E-state index in [1.807, 2.05) is 47.6 Å². The second-order valence-electron chi connectivity index (χ2n) is 7.45. The minimum absolute atomic E-state index is 0.0286. The van der Waals surface area contributed by atoms with E-state index in [0.29, 0.717) is 19.0 Å². The molecule has 2 N–H and O–H groups in total. The van der Waals surface area contributed by atoms with Gasteiger partial charge < -0.3 is 24.8 Å². The predicted octanol–water partition coefficient (Wildman–Crippen LogP) is 2.42. The number of nitrogens with zero attached hydrogens (tertiary/aromatic N) is 4. The molecule has 2 heterocycles. The van der Waals surface area contributed by atoms with E-state index in [4.69, 9.17) is 9.90 Å². The zero-order valence-electron chi connectivity index (χ0n) is 17.3. The molecule has 3 rings (SSSR count). The van der Waals surface area contributed by atoms with Gasteiger partial charge in [-0.25, -0.2) is 14.6 Å². The quantitative estimate of drug-likeness (QED) is 0.761. The van der Waals surface area contributed by atoms with Crippen molar-refractivity contribution in [2.24, 2.45) is 5.92 Å². The van der Waals surface area contributed by atoms with Gasteiger partial charge in [0.1, 0.15) is 5.82 Å². The molecule has 8 nitrogen and oxygen atoms in total. The lowest BCUT2D eigenvalue weighted by Gasteiger charge is -2.26. The summed E-state index contributed by atoms with van der Waals surface area (Å²) in [7, 11) is 4.14. The highest BCUT2D eigenvalue weighted by Crippen LogP contribution is 2.16. The Bertz CT molecular complexity index is 855. The van der Waals surface area contributed by atoms with E-state index >= 15 is 0 Å². The fraction of sp³-hybridized carbons (Fsp3) is 0.450. The Morgan fingerprint density at radius 2 is 1.87 bits per heavy atom. The molecule has 1 unspecified atom stereocenters. The Labute approximate surface area is 178 Å². The highest BCUT2D eigenvalue weighted by molar-refractivity contribution is 5.74. The molecule has 0 radical (unpaired) electrons. The molecular formula is C20H26F3N5O3. The summed E-state index contributed by atoms with van der Waals surface area (Å²) in [4.78, 5) is 30.0. The summed E-state index contributed by atoms with van der Waals surface area (Å²) in [6.45, 7) is 3.68. The normalized spacial score (nSPS) is 16.1. The van der Waals surface area contributed by atoms with Gasteiger partial charge in [-0.05, 0) is 19.7 Å². The first-order chi connectivity index (χ1) is 14.6. The molecule has 0 fully saturated rings. The lowest BCUT2D eigenvalue weighted by molar-refractivity contribution is -0.192. The van der Waals surface area contributed by atoms with E-state index in [0.717, 1.165) is 31.0 Å². The van der Waals surface area contributed by atoms with Crippen molar-refractivity contribution in [2.45, 2.75) is 25.8 Å². The van der Waals surface area contributed by atoms with Crippen LogP contribution in [-0.2, 0) is 24.4 Å². The minimum atomic E-state index is -5.08. The number of hydrogen-bond acceptors (Lipinski definition) is 4. The van der Waals surface area contributed by atoms with Crippen LogP contribution in [0, 0.1) is 5.92 Å². The SMILES string of the molecule is CN(C)CC1CN(C(=O)NCc2ccccc2)Cc2nccn2C1.O=C(O)C(F)(F)F. The number of carboxylic acid groups (broad SMARTS) is 1. The molecule has 0 saturated carbocycles. The molecular weight excluding hydrogens is 415 g/mol. The van der Waals surface area contributed by atoms with Crippen LogP contribution in [0.4, 0.5) is 18.0 Å². The van der Waals surface area contributed by atoms with Crippen LogP contribution >= 0.6 is 0 Å². The van der Waals surface area contributed by atoms with Gasteiger partial charge in [0.15, 0.2) is 0 Å². The summed E-state index contributed by atoms with van der Waals surface area (Å²) in [5, 5.41) is 10.2. The van der Waals surface area contributed by atoms with Crippen molar-refractivity contribution in [3.05, 3.63) is 54.1 Å². The predicted molar refractivity (Wildman–Crippen MR) is 107 cm³/mol. The standard InChI is InChI=1S/C18H25N5O.C2HF3O2/c1-21(2)11-16-12-22-9-8-19-17(22)14-23(13-16)18(24)20-10-15-6-4-3-5-7-15;3-2(4,5)1(6)7/h3-9,16H,10-14H2,1-2H3,(H,20,24);(H,6,7). The molecule has 170 valence electrons. The number of urea groups is 1. The van der Waals surface area contributed by atoms with E-state index in [9.17, 15) is 18.0 Å². The van der Waals surface area contributed by atoms with Crippen molar-refractivity contribution in [1.82, 2.24) is 24.7 Å². The fourth-order valence-electron chi connectivity index (χ4n) is 3.21. The zero-order valence-corrected chi connectivity index (χ0v) is 17.3. The molecule has 0 spiro atoms. The highest BCUT2D eigenvalue weighted by Gasteiger charge is 2.38. The van der Waals surface area contributed by atoms with Crippen LogP contribution in [-0.4, -0.2) is 69.8 Å². The second-order valence-corrected chi connectivity index (χ2v) is 7.45. The van der Waals surface area contributed by atoms with E-state index < -0.39 is 12.1 Å². The first-order valence-corrected chi connectivity index (χ1v) is 9.57. The van der Waals surface area contributed by atoms with Gasteiger partial charge in [0, 0.05) is 44.5 Å². The molecule has 0 saturated heterocycles. The number of aliphatic carboxylic acids is 1. The number of halogens is 3. The van der Waals surface area contributed by atoms with Crippen molar-refractivity contribution >= 4 is 12.0 Å². The average molecular weight is 441 g/mol. The number of hydrogen-bond donors (Lipinski definition) is 2. The molecule has 0 aliphatic carbocycles. The van der Waals surface area contributed by atoms with Crippen molar-refractivity contribution in [3.63, 3.8) is 0 Å². The Balaban J connectivity index is 0.000000423. The molecule has 1 aliphatic heterocycles. The third-order valence-electron chi connectivity index (χ3n) is 4.51. The van der Waals surface area contributed by atoms with E-state index in [1.54, 1.807) is 0 Å². The van der Waals surface area contributed by atoms with Crippen molar-refractivity contribution in [1.29, 1.82) is 0 Å². The number of carbonyl (C=O) groups is 2. The number of aromatic nitrogens is 2. The summed E-state index contributed by atoms with van der Waals surface area (Å²) >= 11 is 0. The number of imidazole rings is 1. The molecule has 2 aromatic rings. The number of carboxylic acids is 1. The number of rotatable bonds is 4. The Morgan fingerprint density at radius 1 is 1.23 bits per heavy atom. The maximum Gasteiger partial charge on any atom is 0.490 e. The van der Waals surface area contributed by atoms with Gasteiger partial charge in [-0.2, -0.15) is 13.2 Å². The molecule has 11 heteroatoms. The first-order valence-electron chi connectivity index (χ1n) is 9.57. The lowest BCUT2D eigenvalue weighted by atomic mass is 10.1. The Kier molecular flexibility index (Phi) is 8.43. The van der Waals surface area contributed by atoms with Gasteiger partial charge in [0.2, 0.25) is 0 Å².